The third kappa shape index (κ3) is 4.42. The molecule has 0 aliphatic carbocycles. The maximum absolute atomic E-state index is 12.7. The second-order valence-corrected chi connectivity index (χ2v) is 7.50. The number of aliphatic hydroxyl groups excluding tert-OH is 1. The molecule has 0 radical (unpaired) electrons. The highest BCUT2D eigenvalue weighted by Crippen LogP contribution is 2.19. The molecule has 3 rings (SSSR count). The van der Waals surface area contributed by atoms with Crippen LogP contribution in [-0.2, 0) is 22.7 Å². The fourth-order valence-electron chi connectivity index (χ4n) is 3.57. The number of likely N-dealkylation sites (N-methyl/N-ethyl adjacent to an activating group) is 1. The average Bonchev–Trinajstić information content (AvgIpc) is 2.92. The van der Waals surface area contributed by atoms with E-state index in [1.165, 1.54) is 0 Å². The molecule has 0 bridgehead atoms. The highest BCUT2D eigenvalue weighted by atomic mass is 16.3. The molecule has 26 heavy (non-hydrogen) atoms. The molecule has 2 aliphatic heterocycles. The van der Waals surface area contributed by atoms with E-state index in [-0.39, 0.29) is 18.4 Å². The number of aromatic nitrogens is 2. The normalized spacial score (nSPS) is 19.5. The summed E-state index contributed by atoms with van der Waals surface area (Å²) in [7, 11) is 3.81. The lowest BCUT2D eigenvalue weighted by molar-refractivity contribution is -0.141. The zero-order chi connectivity index (χ0) is 18.7. The van der Waals surface area contributed by atoms with Crippen molar-refractivity contribution in [1.29, 1.82) is 0 Å². The molecule has 8 nitrogen and oxygen atoms in total. The molecule has 1 atom stereocenters. The van der Waals surface area contributed by atoms with Crippen LogP contribution in [0.15, 0.2) is 6.07 Å². The molecule has 1 aromatic rings. The largest absolute Gasteiger partial charge is 0.385 e. The van der Waals surface area contributed by atoms with Crippen LogP contribution in [0.5, 0.6) is 0 Å². The van der Waals surface area contributed by atoms with Crippen LogP contribution in [0.3, 0.4) is 0 Å². The van der Waals surface area contributed by atoms with E-state index >= 15 is 0 Å². The van der Waals surface area contributed by atoms with Crippen LogP contribution >= 0.6 is 0 Å². The number of hydrogen-bond acceptors (Lipinski definition) is 5. The summed E-state index contributed by atoms with van der Waals surface area (Å²) in [6.07, 6.45) is 2.86. The van der Waals surface area contributed by atoms with E-state index in [2.05, 4.69) is 5.10 Å². The fraction of sp³-hybridized carbons (Fsp3) is 0.722. The van der Waals surface area contributed by atoms with Gasteiger partial charge in [0.2, 0.25) is 11.8 Å². The Hall–Kier alpha value is -1.93. The van der Waals surface area contributed by atoms with Gasteiger partial charge in [0, 0.05) is 26.1 Å². The van der Waals surface area contributed by atoms with Gasteiger partial charge in [0.05, 0.1) is 31.0 Å². The third-order valence-corrected chi connectivity index (χ3v) is 5.05. The lowest BCUT2D eigenvalue weighted by Gasteiger charge is -2.30. The Kier molecular flexibility index (Phi) is 5.93. The molecule has 1 fully saturated rings. The zero-order valence-electron chi connectivity index (χ0n) is 15.7. The van der Waals surface area contributed by atoms with Gasteiger partial charge < -0.3 is 19.8 Å². The highest BCUT2D eigenvalue weighted by molar-refractivity contribution is 5.85. The third-order valence-electron chi connectivity index (χ3n) is 5.05. The average molecular weight is 363 g/mol. The van der Waals surface area contributed by atoms with Crippen molar-refractivity contribution in [3.05, 3.63) is 17.5 Å². The minimum Gasteiger partial charge on any atom is -0.385 e. The molecule has 2 aliphatic rings. The van der Waals surface area contributed by atoms with Crippen LogP contribution in [0.25, 0.3) is 0 Å². The monoisotopic (exact) mass is 363 g/mol. The van der Waals surface area contributed by atoms with E-state index in [9.17, 15) is 14.7 Å². The van der Waals surface area contributed by atoms with Crippen LogP contribution in [0.4, 0.5) is 0 Å². The molecule has 144 valence electrons. The standard InChI is InChI=1S/C18H29N5O3/c1-20(2)12-16(24)15-10-14-11-22(8-9-23(14)19-15)18(26)13-21-7-5-3-4-6-17(21)25/h10,16,24H,3-9,11-13H2,1-2H3/t16-/m1/s1. The summed E-state index contributed by atoms with van der Waals surface area (Å²) < 4.78 is 1.87. The first-order valence-electron chi connectivity index (χ1n) is 9.39. The smallest absolute Gasteiger partial charge is 0.242 e. The summed E-state index contributed by atoms with van der Waals surface area (Å²) in [5.41, 5.74) is 1.57. The summed E-state index contributed by atoms with van der Waals surface area (Å²) in [4.78, 5) is 30.2. The molecule has 0 saturated carbocycles. The quantitative estimate of drug-likeness (QED) is 0.809. The number of likely N-dealkylation sites (tertiary alicyclic amines) is 1. The van der Waals surface area contributed by atoms with Gasteiger partial charge in [-0.05, 0) is 33.0 Å². The van der Waals surface area contributed by atoms with E-state index in [4.69, 9.17) is 0 Å². The molecule has 0 aromatic carbocycles. The van der Waals surface area contributed by atoms with Crippen molar-refractivity contribution < 1.29 is 14.7 Å². The Morgan fingerprint density at radius 2 is 2.08 bits per heavy atom. The Morgan fingerprint density at radius 3 is 2.85 bits per heavy atom. The maximum atomic E-state index is 12.7. The van der Waals surface area contributed by atoms with Crippen molar-refractivity contribution in [2.75, 3.05) is 40.3 Å². The number of hydrogen-bond donors (Lipinski definition) is 1. The first-order valence-corrected chi connectivity index (χ1v) is 9.39. The van der Waals surface area contributed by atoms with Crippen LogP contribution in [-0.4, -0.2) is 81.7 Å². The molecular formula is C18H29N5O3. The number of carbonyl (C=O) groups excluding carboxylic acids is 2. The van der Waals surface area contributed by atoms with Crippen LogP contribution in [0, 0.1) is 0 Å². The Balaban J connectivity index is 1.61. The number of nitrogens with zero attached hydrogens (tertiary/aromatic N) is 5. The Morgan fingerprint density at radius 1 is 1.27 bits per heavy atom. The van der Waals surface area contributed by atoms with Gasteiger partial charge >= 0.3 is 0 Å². The van der Waals surface area contributed by atoms with Crippen molar-refractivity contribution >= 4 is 11.8 Å². The molecule has 1 aromatic heterocycles. The second-order valence-electron chi connectivity index (χ2n) is 7.50. The molecule has 3 heterocycles. The van der Waals surface area contributed by atoms with Crippen molar-refractivity contribution in [2.24, 2.45) is 0 Å². The molecule has 2 amide bonds. The number of carbonyl (C=O) groups is 2. The van der Waals surface area contributed by atoms with Gasteiger partial charge in [-0.1, -0.05) is 6.42 Å². The highest BCUT2D eigenvalue weighted by Gasteiger charge is 2.27. The van der Waals surface area contributed by atoms with E-state index in [0.29, 0.717) is 44.8 Å². The van der Waals surface area contributed by atoms with Gasteiger partial charge in [0.1, 0.15) is 6.10 Å². The SMILES string of the molecule is CN(C)C[C@@H](O)c1cc2n(n1)CCN(C(=O)CN1CCCCCC1=O)C2. The van der Waals surface area contributed by atoms with Crippen LogP contribution in [0.2, 0.25) is 0 Å². The van der Waals surface area contributed by atoms with E-state index in [1.54, 1.807) is 9.80 Å². The minimum atomic E-state index is -0.637. The summed E-state index contributed by atoms with van der Waals surface area (Å²) >= 11 is 0. The first kappa shape index (κ1) is 18.8. The van der Waals surface area contributed by atoms with Gasteiger partial charge in [-0.25, -0.2) is 0 Å². The molecule has 0 unspecified atom stereocenters. The van der Waals surface area contributed by atoms with Crippen molar-refractivity contribution in [3.8, 4) is 0 Å². The predicted molar refractivity (Wildman–Crippen MR) is 96.2 cm³/mol. The number of aliphatic hydroxyl groups is 1. The predicted octanol–water partition coefficient (Wildman–Crippen LogP) is 0.223. The van der Waals surface area contributed by atoms with Crippen molar-refractivity contribution in [3.63, 3.8) is 0 Å². The summed E-state index contributed by atoms with van der Waals surface area (Å²) in [6.45, 7) is 3.03. The van der Waals surface area contributed by atoms with E-state index < -0.39 is 6.10 Å². The number of amides is 2. The van der Waals surface area contributed by atoms with Gasteiger partial charge in [-0.2, -0.15) is 5.10 Å². The van der Waals surface area contributed by atoms with Crippen LogP contribution in [0.1, 0.15) is 43.2 Å². The lowest BCUT2D eigenvalue weighted by Crippen LogP contribution is -2.45. The molecule has 8 heteroatoms. The van der Waals surface area contributed by atoms with Gasteiger partial charge in [0.25, 0.3) is 0 Å². The fourth-order valence-corrected chi connectivity index (χ4v) is 3.57. The molecule has 0 spiro atoms. The lowest BCUT2D eigenvalue weighted by atomic mass is 10.2. The second kappa shape index (κ2) is 8.18. The number of rotatable bonds is 5. The molecular weight excluding hydrogens is 334 g/mol. The summed E-state index contributed by atoms with van der Waals surface area (Å²) in [6, 6.07) is 1.88. The van der Waals surface area contributed by atoms with Crippen molar-refractivity contribution in [1.82, 2.24) is 24.5 Å². The van der Waals surface area contributed by atoms with Gasteiger partial charge in [-0.3, -0.25) is 14.3 Å². The van der Waals surface area contributed by atoms with E-state index in [1.807, 2.05) is 29.7 Å². The molecule has 1 N–H and O–H groups in total. The Bertz CT molecular complexity index is 657. The maximum Gasteiger partial charge on any atom is 0.242 e. The Labute approximate surface area is 154 Å². The minimum absolute atomic E-state index is 0.0110. The first-order chi connectivity index (χ1) is 12.4. The zero-order valence-corrected chi connectivity index (χ0v) is 15.7. The topological polar surface area (TPSA) is 81.9 Å². The van der Waals surface area contributed by atoms with Crippen LogP contribution < -0.4 is 0 Å². The summed E-state index contributed by atoms with van der Waals surface area (Å²) in [5, 5.41) is 14.7. The summed E-state index contributed by atoms with van der Waals surface area (Å²) in [5.74, 6) is 0.0788. The van der Waals surface area contributed by atoms with Gasteiger partial charge in [0.15, 0.2) is 0 Å². The van der Waals surface area contributed by atoms with Crippen molar-refractivity contribution in [2.45, 2.75) is 44.9 Å². The number of fused-ring (bicyclic) bond motifs is 1. The van der Waals surface area contributed by atoms with E-state index in [0.717, 1.165) is 25.0 Å². The molecule has 1 saturated heterocycles. The van der Waals surface area contributed by atoms with Gasteiger partial charge in [-0.15, -0.1) is 0 Å².